The van der Waals surface area contributed by atoms with E-state index in [1.54, 1.807) is 7.11 Å². The summed E-state index contributed by atoms with van der Waals surface area (Å²) < 4.78 is 7.65. The zero-order valence-electron chi connectivity index (χ0n) is 11.2. The van der Waals surface area contributed by atoms with E-state index in [9.17, 15) is 0 Å². The third kappa shape index (κ3) is 2.96. The number of benzene rings is 1. The molecule has 0 bridgehead atoms. The van der Waals surface area contributed by atoms with E-state index in [2.05, 4.69) is 17.1 Å². The molecule has 102 valence electrons. The molecule has 19 heavy (non-hydrogen) atoms. The summed E-state index contributed by atoms with van der Waals surface area (Å²) in [4.78, 5) is 0. The van der Waals surface area contributed by atoms with Gasteiger partial charge in [0.2, 0.25) is 0 Å². The standard InChI is InChI=1S/C14H18ClN3O/c1-3-9-18-12(10-15)16-17-14(18)13(19-2)11-7-5-4-6-8-11/h4-8,13H,3,9-10H2,1-2H3. The van der Waals surface area contributed by atoms with Crippen molar-refractivity contribution in [1.82, 2.24) is 14.8 Å². The third-order valence-corrected chi connectivity index (χ3v) is 3.23. The number of alkyl halides is 1. The Labute approximate surface area is 118 Å². The maximum Gasteiger partial charge on any atom is 0.166 e. The zero-order valence-corrected chi connectivity index (χ0v) is 12.0. The fraction of sp³-hybridized carbons (Fsp3) is 0.429. The molecule has 1 heterocycles. The van der Waals surface area contributed by atoms with Gasteiger partial charge in [0.1, 0.15) is 11.9 Å². The van der Waals surface area contributed by atoms with Crippen LogP contribution in [0.5, 0.6) is 0 Å². The van der Waals surface area contributed by atoms with Crippen LogP contribution in [0.3, 0.4) is 0 Å². The van der Waals surface area contributed by atoms with Gasteiger partial charge in [0, 0.05) is 13.7 Å². The predicted octanol–water partition coefficient (Wildman–Crippen LogP) is 3.16. The Kier molecular flexibility index (Phi) is 4.93. The molecule has 0 fully saturated rings. The lowest BCUT2D eigenvalue weighted by atomic mass is 10.1. The van der Waals surface area contributed by atoms with Gasteiger partial charge in [-0.05, 0) is 12.0 Å². The highest BCUT2D eigenvalue weighted by Gasteiger charge is 2.21. The highest BCUT2D eigenvalue weighted by atomic mass is 35.5. The molecule has 1 aromatic carbocycles. The van der Waals surface area contributed by atoms with Gasteiger partial charge < -0.3 is 9.30 Å². The van der Waals surface area contributed by atoms with Gasteiger partial charge in [0.25, 0.3) is 0 Å². The molecule has 0 saturated carbocycles. The second kappa shape index (κ2) is 6.68. The second-order valence-corrected chi connectivity index (χ2v) is 4.55. The second-order valence-electron chi connectivity index (χ2n) is 4.29. The SMILES string of the molecule is CCCn1c(CCl)nnc1C(OC)c1ccccc1. The zero-order chi connectivity index (χ0) is 13.7. The molecule has 0 spiro atoms. The molecule has 1 aromatic heterocycles. The van der Waals surface area contributed by atoms with Gasteiger partial charge in [0.15, 0.2) is 5.82 Å². The van der Waals surface area contributed by atoms with E-state index in [4.69, 9.17) is 16.3 Å². The minimum atomic E-state index is -0.211. The molecule has 0 aliphatic heterocycles. The molecule has 1 atom stereocenters. The quantitative estimate of drug-likeness (QED) is 0.763. The molecule has 0 aliphatic carbocycles. The van der Waals surface area contributed by atoms with Crippen LogP contribution in [0.1, 0.15) is 36.7 Å². The molecular weight excluding hydrogens is 262 g/mol. The van der Waals surface area contributed by atoms with Crippen LogP contribution in [-0.4, -0.2) is 21.9 Å². The molecule has 0 amide bonds. The predicted molar refractivity (Wildman–Crippen MR) is 75.2 cm³/mol. The summed E-state index contributed by atoms with van der Waals surface area (Å²) >= 11 is 5.91. The Morgan fingerprint density at radius 1 is 1.26 bits per heavy atom. The average Bonchev–Trinajstić information content (AvgIpc) is 2.85. The van der Waals surface area contributed by atoms with Crippen LogP contribution in [0.2, 0.25) is 0 Å². The third-order valence-electron chi connectivity index (χ3n) is 3.00. The molecule has 4 nitrogen and oxygen atoms in total. The topological polar surface area (TPSA) is 39.9 Å². The van der Waals surface area contributed by atoms with Crippen LogP contribution >= 0.6 is 11.6 Å². The number of methoxy groups -OCH3 is 1. The molecule has 1 unspecified atom stereocenters. The Bertz CT molecular complexity index is 513. The molecule has 2 aromatic rings. The van der Waals surface area contributed by atoms with E-state index in [-0.39, 0.29) is 6.10 Å². The Morgan fingerprint density at radius 3 is 2.58 bits per heavy atom. The molecule has 5 heteroatoms. The number of hydrogen-bond donors (Lipinski definition) is 0. The van der Waals surface area contributed by atoms with Crippen LogP contribution in [0.15, 0.2) is 30.3 Å². The fourth-order valence-corrected chi connectivity index (χ4v) is 2.33. The average molecular weight is 280 g/mol. The molecule has 0 radical (unpaired) electrons. The van der Waals surface area contributed by atoms with E-state index in [1.165, 1.54) is 0 Å². The molecule has 0 aliphatic rings. The van der Waals surface area contributed by atoms with Crippen molar-refractivity contribution in [3.63, 3.8) is 0 Å². The van der Waals surface area contributed by atoms with Crippen molar-refractivity contribution >= 4 is 11.6 Å². The molecule has 0 N–H and O–H groups in total. The summed E-state index contributed by atoms with van der Waals surface area (Å²) in [6.07, 6.45) is 0.789. The van der Waals surface area contributed by atoms with Crippen molar-refractivity contribution in [1.29, 1.82) is 0 Å². The minimum Gasteiger partial charge on any atom is -0.369 e. The number of nitrogens with zero attached hydrogens (tertiary/aromatic N) is 3. The summed E-state index contributed by atoms with van der Waals surface area (Å²) in [7, 11) is 1.68. The van der Waals surface area contributed by atoms with Crippen molar-refractivity contribution in [2.24, 2.45) is 0 Å². The van der Waals surface area contributed by atoms with Gasteiger partial charge in [-0.25, -0.2) is 0 Å². The first kappa shape index (κ1) is 14.0. The first-order valence-corrected chi connectivity index (χ1v) is 6.91. The number of halogens is 1. The molecule has 2 rings (SSSR count). The lowest BCUT2D eigenvalue weighted by Gasteiger charge is -2.17. The Hall–Kier alpha value is -1.39. The van der Waals surface area contributed by atoms with Crippen molar-refractivity contribution in [3.05, 3.63) is 47.5 Å². The highest BCUT2D eigenvalue weighted by molar-refractivity contribution is 6.16. The normalized spacial score (nSPS) is 12.6. The summed E-state index contributed by atoms with van der Waals surface area (Å²) in [5, 5.41) is 8.41. The van der Waals surface area contributed by atoms with Crippen molar-refractivity contribution < 1.29 is 4.74 Å². The minimum absolute atomic E-state index is 0.211. The van der Waals surface area contributed by atoms with Gasteiger partial charge in [-0.2, -0.15) is 0 Å². The smallest absolute Gasteiger partial charge is 0.166 e. The summed E-state index contributed by atoms with van der Waals surface area (Å²) in [5.74, 6) is 1.96. The first-order chi connectivity index (χ1) is 9.31. The van der Waals surface area contributed by atoms with E-state index in [1.807, 2.05) is 34.9 Å². The first-order valence-electron chi connectivity index (χ1n) is 6.37. The number of hydrogen-bond acceptors (Lipinski definition) is 3. The number of aromatic nitrogens is 3. The Balaban J connectivity index is 2.41. The molecule has 0 saturated heterocycles. The summed E-state index contributed by atoms with van der Waals surface area (Å²) in [5.41, 5.74) is 1.07. The largest absolute Gasteiger partial charge is 0.369 e. The van der Waals surface area contributed by atoms with E-state index < -0.39 is 0 Å². The van der Waals surface area contributed by atoms with E-state index in [0.717, 1.165) is 30.2 Å². The molecular formula is C14H18ClN3O. The monoisotopic (exact) mass is 279 g/mol. The highest BCUT2D eigenvalue weighted by Crippen LogP contribution is 2.24. The van der Waals surface area contributed by atoms with Crippen LogP contribution in [-0.2, 0) is 17.2 Å². The van der Waals surface area contributed by atoms with Crippen molar-refractivity contribution in [2.45, 2.75) is 31.9 Å². The number of ether oxygens (including phenoxy) is 1. The van der Waals surface area contributed by atoms with Gasteiger partial charge >= 0.3 is 0 Å². The van der Waals surface area contributed by atoms with Crippen molar-refractivity contribution in [2.75, 3.05) is 7.11 Å². The maximum atomic E-state index is 5.91. The fourth-order valence-electron chi connectivity index (χ4n) is 2.13. The van der Waals surface area contributed by atoms with Crippen molar-refractivity contribution in [3.8, 4) is 0 Å². The lowest BCUT2D eigenvalue weighted by Crippen LogP contribution is -2.13. The van der Waals surface area contributed by atoms with E-state index in [0.29, 0.717) is 5.88 Å². The van der Waals surface area contributed by atoms with Gasteiger partial charge in [0.05, 0.1) is 5.88 Å². The maximum absolute atomic E-state index is 5.91. The van der Waals surface area contributed by atoms with E-state index >= 15 is 0 Å². The van der Waals surface area contributed by atoms with Crippen LogP contribution in [0.4, 0.5) is 0 Å². The Morgan fingerprint density at radius 2 is 2.00 bits per heavy atom. The summed E-state index contributed by atoms with van der Waals surface area (Å²) in [6.45, 7) is 2.96. The van der Waals surface area contributed by atoms with Crippen LogP contribution < -0.4 is 0 Å². The van der Waals surface area contributed by atoms with Crippen LogP contribution in [0, 0.1) is 0 Å². The van der Waals surface area contributed by atoms with Crippen LogP contribution in [0.25, 0.3) is 0 Å². The summed E-state index contributed by atoms with van der Waals surface area (Å²) in [6, 6.07) is 10.0. The van der Waals surface area contributed by atoms with Gasteiger partial charge in [-0.3, -0.25) is 0 Å². The number of rotatable bonds is 6. The van der Waals surface area contributed by atoms with Gasteiger partial charge in [-0.15, -0.1) is 21.8 Å². The lowest BCUT2D eigenvalue weighted by molar-refractivity contribution is 0.125. The van der Waals surface area contributed by atoms with Gasteiger partial charge in [-0.1, -0.05) is 37.3 Å².